The Bertz CT molecular complexity index is 705. The van der Waals surface area contributed by atoms with E-state index in [-0.39, 0.29) is 5.56 Å². The predicted octanol–water partition coefficient (Wildman–Crippen LogP) is 4.48. The molecule has 0 saturated carbocycles. The Balaban J connectivity index is 1.91. The van der Waals surface area contributed by atoms with Crippen molar-refractivity contribution in [3.8, 4) is 0 Å². The highest BCUT2D eigenvalue weighted by Gasteiger charge is 2.30. The minimum Gasteiger partial charge on any atom is -0.348 e. The molecule has 1 amide bonds. The zero-order chi connectivity index (χ0) is 19.2. The quantitative estimate of drug-likeness (QED) is 0.786. The van der Waals surface area contributed by atoms with Gasteiger partial charge in [0.15, 0.2) is 0 Å². The molecule has 6 heteroatoms. The number of hydrogen-bond donors (Lipinski definition) is 1. The van der Waals surface area contributed by atoms with Gasteiger partial charge in [-0.25, -0.2) is 0 Å². The first-order chi connectivity index (χ1) is 12.3. The summed E-state index contributed by atoms with van der Waals surface area (Å²) in [7, 11) is 0. The van der Waals surface area contributed by atoms with Gasteiger partial charge in [-0.15, -0.1) is 0 Å². The molecule has 26 heavy (non-hydrogen) atoms. The van der Waals surface area contributed by atoms with Gasteiger partial charge in [-0.05, 0) is 48.5 Å². The van der Waals surface area contributed by atoms with E-state index in [4.69, 9.17) is 0 Å². The van der Waals surface area contributed by atoms with Crippen molar-refractivity contribution >= 4 is 5.91 Å². The molecule has 0 fully saturated rings. The number of alkyl halides is 3. The van der Waals surface area contributed by atoms with E-state index in [9.17, 15) is 18.0 Å². The smallest absolute Gasteiger partial charge is 0.348 e. The fourth-order valence-electron chi connectivity index (χ4n) is 2.56. The highest BCUT2D eigenvalue weighted by Crippen LogP contribution is 2.29. The number of hydrogen-bond acceptors (Lipinski definition) is 2. The van der Waals surface area contributed by atoms with Crippen LogP contribution in [-0.4, -0.2) is 23.9 Å². The van der Waals surface area contributed by atoms with Crippen molar-refractivity contribution in [2.75, 3.05) is 13.1 Å². The van der Waals surface area contributed by atoms with Crippen molar-refractivity contribution in [2.24, 2.45) is 0 Å². The van der Waals surface area contributed by atoms with E-state index in [1.54, 1.807) is 0 Å². The van der Waals surface area contributed by atoms with Crippen LogP contribution in [0.1, 0.15) is 40.9 Å². The predicted molar refractivity (Wildman–Crippen MR) is 95.7 cm³/mol. The number of carbonyl (C=O) groups excluding carboxylic acids is 1. The molecule has 2 aromatic rings. The Morgan fingerprint density at radius 1 is 0.923 bits per heavy atom. The summed E-state index contributed by atoms with van der Waals surface area (Å²) in [5.74, 6) is -0.397. The van der Waals surface area contributed by atoms with Crippen molar-refractivity contribution in [3.63, 3.8) is 0 Å². The van der Waals surface area contributed by atoms with Gasteiger partial charge in [0.05, 0.1) is 5.56 Å². The fraction of sp³-hybridized carbons (Fsp3) is 0.350. The van der Waals surface area contributed by atoms with Crippen LogP contribution in [0.5, 0.6) is 0 Å². The summed E-state index contributed by atoms with van der Waals surface area (Å²) < 4.78 is 37.6. The van der Waals surface area contributed by atoms with E-state index in [2.05, 4.69) is 24.1 Å². The Hall–Kier alpha value is -2.34. The average molecular weight is 364 g/mol. The van der Waals surface area contributed by atoms with Crippen molar-refractivity contribution in [3.05, 3.63) is 70.8 Å². The van der Waals surface area contributed by atoms with E-state index in [1.807, 2.05) is 24.3 Å². The molecule has 0 aliphatic heterocycles. The number of amides is 1. The molecule has 2 aromatic carbocycles. The highest BCUT2D eigenvalue weighted by molar-refractivity contribution is 5.94. The summed E-state index contributed by atoms with van der Waals surface area (Å²) in [6.07, 6.45) is -4.40. The molecule has 0 atom stereocenters. The maximum atomic E-state index is 12.5. The number of benzene rings is 2. The van der Waals surface area contributed by atoms with Gasteiger partial charge in [0.2, 0.25) is 0 Å². The standard InChI is InChI=1S/C20H23F3N2O/c1-3-25(4-2)14-16-7-5-15(6-8-16)13-24-19(26)17-9-11-18(12-10-17)20(21,22)23/h5-12H,3-4,13-14H2,1-2H3,(H,24,26). The van der Waals surface area contributed by atoms with Gasteiger partial charge in [0.1, 0.15) is 0 Å². The lowest BCUT2D eigenvalue weighted by molar-refractivity contribution is -0.137. The lowest BCUT2D eigenvalue weighted by atomic mass is 10.1. The van der Waals surface area contributed by atoms with Crippen molar-refractivity contribution in [2.45, 2.75) is 33.1 Å². The molecule has 3 nitrogen and oxygen atoms in total. The number of halogens is 3. The normalized spacial score (nSPS) is 11.6. The van der Waals surface area contributed by atoms with Crippen LogP contribution in [0.3, 0.4) is 0 Å². The molecular weight excluding hydrogens is 341 g/mol. The SMILES string of the molecule is CCN(CC)Cc1ccc(CNC(=O)c2ccc(C(F)(F)F)cc2)cc1. The molecule has 0 radical (unpaired) electrons. The molecule has 0 saturated heterocycles. The third-order valence-electron chi connectivity index (χ3n) is 4.25. The molecular formula is C20H23F3N2O. The summed E-state index contributed by atoms with van der Waals surface area (Å²) in [6.45, 7) is 7.42. The van der Waals surface area contributed by atoms with Gasteiger partial charge < -0.3 is 5.32 Å². The fourth-order valence-corrected chi connectivity index (χ4v) is 2.56. The maximum absolute atomic E-state index is 12.5. The third kappa shape index (κ3) is 5.59. The maximum Gasteiger partial charge on any atom is 0.416 e. The number of carbonyl (C=O) groups is 1. The zero-order valence-electron chi connectivity index (χ0n) is 14.9. The first kappa shape index (κ1) is 20.0. The largest absolute Gasteiger partial charge is 0.416 e. The molecule has 0 aliphatic rings. The second-order valence-electron chi connectivity index (χ2n) is 6.04. The molecule has 2 rings (SSSR count). The minimum atomic E-state index is -4.40. The van der Waals surface area contributed by atoms with E-state index in [1.165, 1.54) is 17.7 Å². The van der Waals surface area contributed by atoms with Gasteiger partial charge >= 0.3 is 6.18 Å². The van der Waals surface area contributed by atoms with Crippen LogP contribution in [0.15, 0.2) is 48.5 Å². The molecule has 1 N–H and O–H groups in total. The van der Waals surface area contributed by atoms with Crippen LogP contribution in [-0.2, 0) is 19.3 Å². The van der Waals surface area contributed by atoms with Gasteiger partial charge in [-0.1, -0.05) is 38.1 Å². The van der Waals surface area contributed by atoms with Gasteiger partial charge in [-0.2, -0.15) is 13.2 Å². The highest BCUT2D eigenvalue weighted by atomic mass is 19.4. The van der Waals surface area contributed by atoms with Crippen LogP contribution in [0.25, 0.3) is 0 Å². The van der Waals surface area contributed by atoms with Gasteiger partial charge in [-0.3, -0.25) is 9.69 Å². The molecule has 0 unspecified atom stereocenters. The molecule has 0 spiro atoms. The molecule has 140 valence electrons. The second kappa shape index (κ2) is 8.85. The monoisotopic (exact) mass is 364 g/mol. The van der Waals surface area contributed by atoms with Gasteiger partial charge in [0.25, 0.3) is 5.91 Å². The number of nitrogens with one attached hydrogen (secondary N) is 1. The summed E-state index contributed by atoms with van der Waals surface area (Å²) in [6, 6.07) is 12.2. The second-order valence-corrected chi connectivity index (χ2v) is 6.04. The number of rotatable bonds is 7. The molecule has 0 aliphatic carbocycles. The van der Waals surface area contributed by atoms with Crippen molar-refractivity contribution < 1.29 is 18.0 Å². The zero-order valence-corrected chi connectivity index (χ0v) is 14.9. The van der Waals surface area contributed by atoms with Crippen LogP contribution < -0.4 is 5.32 Å². The summed E-state index contributed by atoms with van der Waals surface area (Å²) >= 11 is 0. The molecule has 0 bridgehead atoms. The minimum absolute atomic E-state index is 0.205. The Morgan fingerprint density at radius 3 is 1.96 bits per heavy atom. The third-order valence-corrected chi connectivity index (χ3v) is 4.25. The topological polar surface area (TPSA) is 32.3 Å². The van der Waals surface area contributed by atoms with Crippen LogP contribution in [0.4, 0.5) is 13.2 Å². The molecule has 0 heterocycles. The number of nitrogens with zero attached hydrogens (tertiary/aromatic N) is 1. The van der Waals surface area contributed by atoms with E-state index in [0.29, 0.717) is 6.54 Å². The Kier molecular flexibility index (Phi) is 6.80. The van der Waals surface area contributed by atoms with E-state index >= 15 is 0 Å². The Labute approximate surface area is 151 Å². The first-order valence-corrected chi connectivity index (χ1v) is 8.59. The van der Waals surface area contributed by atoms with Crippen LogP contribution >= 0.6 is 0 Å². The van der Waals surface area contributed by atoms with E-state index in [0.717, 1.165) is 37.3 Å². The lowest BCUT2D eigenvalue weighted by Crippen LogP contribution is -2.23. The molecule has 0 aromatic heterocycles. The van der Waals surface area contributed by atoms with Crippen LogP contribution in [0, 0.1) is 0 Å². The Morgan fingerprint density at radius 2 is 1.46 bits per heavy atom. The summed E-state index contributed by atoms with van der Waals surface area (Å²) in [5, 5.41) is 2.73. The van der Waals surface area contributed by atoms with Crippen molar-refractivity contribution in [1.82, 2.24) is 10.2 Å². The lowest BCUT2D eigenvalue weighted by Gasteiger charge is -2.18. The van der Waals surface area contributed by atoms with Crippen molar-refractivity contribution in [1.29, 1.82) is 0 Å². The van der Waals surface area contributed by atoms with E-state index < -0.39 is 17.6 Å². The average Bonchev–Trinajstić information content (AvgIpc) is 2.64. The first-order valence-electron chi connectivity index (χ1n) is 8.59. The summed E-state index contributed by atoms with van der Waals surface area (Å²) in [5.41, 5.74) is 1.58. The van der Waals surface area contributed by atoms with Crippen LogP contribution in [0.2, 0.25) is 0 Å². The van der Waals surface area contributed by atoms with Gasteiger partial charge in [0, 0.05) is 18.7 Å². The summed E-state index contributed by atoms with van der Waals surface area (Å²) in [4.78, 5) is 14.4.